The number of morpholine rings is 1. The molecule has 1 aliphatic rings. The first-order chi connectivity index (χ1) is 11.7. The summed E-state index contributed by atoms with van der Waals surface area (Å²) in [6, 6.07) is 7.43. The summed E-state index contributed by atoms with van der Waals surface area (Å²) in [5, 5.41) is 3.58. The fourth-order valence-corrected chi connectivity index (χ4v) is 3.72. The lowest BCUT2D eigenvalue weighted by Gasteiger charge is -2.35. The van der Waals surface area contributed by atoms with E-state index in [1.54, 1.807) is 23.6 Å². The van der Waals surface area contributed by atoms with Gasteiger partial charge in [-0.15, -0.1) is 11.3 Å². The minimum absolute atomic E-state index is 0.00803. The topological polar surface area (TPSA) is 71.1 Å². The minimum atomic E-state index is -0.0906. The van der Waals surface area contributed by atoms with Crippen LogP contribution in [-0.4, -0.2) is 39.5 Å². The molecule has 124 valence electrons. The monoisotopic (exact) mass is 342 g/mol. The number of hydrogen-bond acceptors (Lipinski definition) is 6. The Morgan fingerprint density at radius 2 is 2.29 bits per heavy atom. The van der Waals surface area contributed by atoms with E-state index in [1.165, 1.54) is 0 Å². The van der Waals surface area contributed by atoms with Crippen LogP contribution in [0.4, 0.5) is 0 Å². The number of benzene rings is 1. The van der Waals surface area contributed by atoms with E-state index in [0.29, 0.717) is 17.8 Å². The van der Waals surface area contributed by atoms with E-state index < -0.39 is 0 Å². The molecule has 1 saturated heterocycles. The van der Waals surface area contributed by atoms with Gasteiger partial charge >= 0.3 is 0 Å². The van der Waals surface area contributed by atoms with E-state index in [2.05, 4.69) is 26.8 Å². The zero-order chi connectivity index (χ0) is 16.5. The summed E-state index contributed by atoms with van der Waals surface area (Å²) < 4.78 is 5.85. The summed E-state index contributed by atoms with van der Waals surface area (Å²) in [6.07, 6.45) is 1.78. The highest BCUT2D eigenvalue weighted by Gasteiger charge is 2.28. The van der Waals surface area contributed by atoms with E-state index in [0.717, 1.165) is 23.6 Å². The first-order valence-electron chi connectivity index (χ1n) is 7.96. The fraction of sp³-hybridized carbons (Fsp3) is 0.353. The third-order valence-electron chi connectivity index (χ3n) is 4.40. The van der Waals surface area contributed by atoms with Crippen molar-refractivity contribution in [3.05, 3.63) is 57.0 Å². The molecular weight excluding hydrogens is 324 g/mol. The van der Waals surface area contributed by atoms with Gasteiger partial charge in [0.05, 0.1) is 23.6 Å². The summed E-state index contributed by atoms with van der Waals surface area (Å²) in [6.45, 7) is 4.26. The van der Waals surface area contributed by atoms with Crippen molar-refractivity contribution in [2.24, 2.45) is 0 Å². The van der Waals surface area contributed by atoms with E-state index >= 15 is 0 Å². The lowest BCUT2D eigenvalue weighted by Crippen LogP contribution is -2.40. The Balaban J connectivity index is 1.61. The molecular formula is C17H18N4O2S. The van der Waals surface area contributed by atoms with Crippen LogP contribution < -0.4 is 5.56 Å². The number of hydrogen-bond donors (Lipinski definition) is 1. The van der Waals surface area contributed by atoms with Gasteiger partial charge in [0.1, 0.15) is 16.9 Å². The second-order valence-electron chi connectivity index (χ2n) is 5.87. The number of para-hydroxylation sites is 1. The van der Waals surface area contributed by atoms with Crippen LogP contribution in [0.1, 0.15) is 29.9 Å². The predicted molar refractivity (Wildman–Crippen MR) is 93.2 cm³/mol. The molecule has 0 bridgehead atoms. The average molecular weight is 342 g/mol. The summed E-state index contributed by atoms with van der Waals surface area (Å²) in [7, 11) is 0. The Labute approximate surface area is 143 Å². The summed E-state index contributed by atoms with van der Waals surface area (Å²) in [5.41, 5.74) is 0.639. The Morgan fingerprint density at radius 1 is 1.42 bits per heavy atom. The highest BCUT2D eigenvalue weighted by Crippen LogP contribution is 2.28. The number of ether oxygens (including phenoxy) is 1. The van der Waals surface area contributed by atoms with E-state index in [9.17, 15) is 4.79 Å². The minimum Gasteiger partial charge on any atom is -0.368 e. The van der Waals surface area contributed by atoms with Crippen molar-refractivity contribution >= 4 is 22.2 Å². The van der Waals surface area contributed by atoms with E-state index in [1.807, 2.05) is 23.6 Å². The fourth-order valence-electron chi connectivity index (χ4n) is 3.04. The second-order valence-corrected chi connectivity index (χ2v) is 6.80. The highest BCUT2D eigenvalue weighted by atomic mass is 32.1. The van der Waals surface area contributed by atoms with Gasteiger partial charge in [-0.2, -0.15) is 0 Å². The number of nitrogens with one attached hydrogen (secondary N) is 1. The first-order valence-corrected chi connectivity index (χ1v) is 8.84. The Morgan fingerprint density at radius 3 is 3.12 bits per heavy atom. The Hall–Kier alpha value is -2.09. The lowest BCUT2D eigenvalue weighted by molar-refractivity contribution is -0.0442. The van der Waals surface area contributed by atoms with Crippen molar-refractivity contribution < 1.29 is 4.74 Å². The van der Waals surface area contributed by atoms with Crippen molar-refractivity contribution in [1.82, 2.24) is 19.9 Å². The van der Waals surface area contributed by atoms with Crippen molar-refractivity contribution in [1.29, 1.82) is 0 Å². The molecule has 7 heteroatoms. The average Bonchev–Trinajstić information content (AvgIpc) is 3.16. The third-order valence-corrected chi connectivity index (χ3v) is 5.27. The van der Waals surface area contributed by atoms with Gasteiger partial charge in [0.25, 0.3) is 5.56 Å². The molecule has 3 heterocycles. The van der Waals surface area contributed by atoms with Crippen molar-refractivity contribution in [3.63, 3.8) is 0 Å². The van der Waals surface area contributed by atoms with Gasteiger partial charge in [0.15, 0.2) is 0 Å². The van der Waals surface area contributed by atoms with Gasteiger partial charge in [0.2, 0.25) is 0 Å². The molecule has 1 N–H and O–H groups in total. The van der Waals surface area contributed by atoms with Gasteiger partial charge in [-0.3, -0.25) is 9.69 Å². The molecule has 2 aromatic heterocycles. The summed E-state index contributed by atoms with van der Waals surface area (Å²) in [5.74, 6) is 0.693. The molecule has 6 nitrogen and oxygen atoms in total. The molecule has 0 spiro atoms. The van der Waals surface area contributed by atoms with Crippen LogP contribution in [0.25, 0.3) is 10.9 Å². The van der Waals surface area contributed by atoms with Crippen molar-refractivity contribution in [3.8, 4) is 0 Å². The standard InChI is InChI=1S/C17H18N4O2S/c1-11(15-19-13-5-3-2-4-12(13)16(22)20-15)21-7-8-23-14(10-21)17-18-6-9-24-17/h2-6,9,11,14H,7-8,10H2,1H3,(H,19,20,22)/t11-,14+/m1/s1. The number of H-pyrrole nitrogens is 1. The van der Waals surface area contributed by atoms with Gasteiger partial charge < -0.3 is 9.72 Å². The first kappa shape index (κ1) is 15.4. The number of fused-ring (bicyclic) bond motifs is 1. The number of thiazole rings is 1. The zero-order valence-corrected chi connectivity index (χ0v) is 14.1. The molecule has 1 aromatic carbocycles. The summed E-state index contributed by atoms with van der Waals surface area (Å²) in [4.78, 5) is 26.5. The maximum Gasteiger partial charge on any atom is 0.258 e. The largest absolute Gasteiger partial charge is 0.368 e. The zero-order valence-electron chi connectivity index (χ0n) is 13.3. The van der Waals surface area contributed by atoms with Crippen LogP contribution in [0.5, 0.6) is 0 Å². The SMILES string of the molecule is C[C@H](c1nc2ccccc2c(=O)[nH]1)N1CCO[C@H](c2nccs2)C1. The Bertz CT molecular complexity index is 893. The van der Waals surface area contributed by atoms with Crippen LogP contribution in [0.3, 0.4) is 0 Å². The van der Waals surface area contributed by atoms with Crippen LogP contribution in [0.2, 0.25) is 0 Å². The smallest absolute Gasteiger partial charge is 0.258 e. The molecule has 0 amide bonds. The molecule has 24 heavy (non-hydrogen) atoms. The molecule has 4 rings (SSSR count). The molecule has 3 aromatic rings. The predicted octanol–water partition coefficient (Wildman–Crippen LogP) is 2.51. The van der Waals surface area contributed by atoms with E-state index in [-0.39, 0.29) is 17.7 Å². The molecule has 0 radical (unpaired) electrons. The summed E-state index contributed by atoms with van der Waals surface area (Å²) >= 11 is 1.61. The maximum atomic E-state index is 12.3. The van der Waals surface area contributed by atoms with Crippen LogP contribution in [-0.2, 0) is 4.74 Å². The van der Waals surface area contributed by atoms with Gasteiger partial charge in [-0.25, -0.2) is 9.97 Å². The van der Waals surface area contributed by atoms with Crippen LogP contribution >= 0.6 is 11.3 Å². The number of nitrogens with zero attached hydrogens (tertiary/aromatic N) is 3. The van der Waals surface area contributed by atoms with Gasteiger partial charge in [-0.1, -0.05) is 12.1 Å². The maximum absolute atomic E-state index is 12.3. The van der Waals surface area contributed by atoms with E-state index in [4.69, 9.17) is 4.74 Å². The van der Waals surface area contributed by atoms with Crippen molar-refractivity contribution in [2.75, 3.05) is 19.7 Å². The van der Waals surface area contributed by atoms with Crippen LogP contribution in [0.15, 0.2) is 40.6 Å². The Kier molecular flexibility index (Phi) is 4.13. The highest BCUT2D eigenvalue weighted by molar-refractivity contribution is 7.09. The van der Waals surface area contributed by atoms with Crippen LogP contribution in [0, 0.1) is 0 Å². The third kappa shape index (κ3) is 2.86. The quantitative estimate of drug-likeness (QED) is 0.792. The lowest BCUT2D eigenvalue weighted by atomic mass is 10.2. The normalized spacial score (nSPS) is 20.3. The number of aromatic amines is 1. The molecule has 1 aliphatic heterocycles. The second kappa shape index (κ2) is 6.43. The molecule has 0 saturated carbocycles. The van der Waals surface area contributed by atoms with Gasteiger partial charge in [0, 0.05) is 24.7 Å². The molecule has 1 fully saturated rings. The molecule has 2 atom stereocenters. The van der Waals surface area contributed by atoms with Crippen molar-refractivity contribution in [2.45, 2.75) is 19.1 Å². The molecule has 0 unspecified atom stereocenters. The van der Waals surface area contributed by atoms with Gasteiger partial charge in [-0.05, 0) is 19.1 Å². The number of aromatic nitrogens is 3. The molecule has 0 aliphatic carbocycles. The number of rotatable bonds is 3.